The number of benzene rings is 1. The van der Waals surface area contributed by atoms with E-state index in [0.29, 0.717) is 0 Å². The van der Waals surface area contributed by atoms with Crippen molar-refractivity contribution >= 4 is 12.0 Å². The third kappa shape index (κ3) is 4.16. The molecule has 126 valence electrons. The maximum absolute atomic E-state index is 12.7. The first-order chi connectivity index (χ1) is 10.8. The summed E-state index contributed by atoms with van der Waals surface area (Å²) >= 11 is 0. The average Bonchev–Trinajstić information content (AvgIpc) is 2.53. The van der Waals surface area contributed by atoms with Crippen molar-refractivity contribution in [1.29, 1.82) is 0 Å². The van der Waals surface area contributed by atoms with Crippen LogP contribution in [-0.2, 0) is 6.54 Å². The molecular weight excluding hydrogens is 310 g/mol. The van der Waals surface area contributed by atoms with Crippen LogP contribution in [0.2, 0.25) is 0 Å². The normalized spacial score (nSPS) is 17.1. The van der Waals surface area contributed by atoms with Crippen molar-refractivity contribution in [3.05, 3.63) is 35.4 Å². The number of carbonyl (C=O) groups excluding carboxylic acids is 1. The van der Waals surface area contributed by atoms with Crippen molar-refractivity contribution in [2.75, 3.05) is 13.1 Å². The molecule has 1 fully saturated rings. The minimum Gasteiger partial charge on any atom is -0.478 e. The van der Waals surface area contributed by atoms with Crippen LogP contribution in [0.4, 0.5) is 13.6 Å². The predicted molar refractivity (Wildman–Crippen MR) is 77.4 cm³/mol. The Hall–Kier alpha value is -2.22. The van der Waals surface area contributed by atoms with Gasteiger partial charge in [-0.15, -0.1) is 0 Å². The van der Waals surface area contributed by atoms with Crippen LogP contribution in [0.5, 0.6) is 0 Å². The van der Waals surface area contributed by atoms with Gasteiger partial charge in [0.2, 0.25) is 0 Å². The van der Waals surface area contributed by atoms with Gasteiger partial charge in [0.25, 0.3) is 6.43 Å². The zero-order valence-electron chi connectivity index (χ0n) is 12.3. The fourth-order valence-electron chi connectivity index (χ4n) is 2.37. The lowest BCUT2D eigenvalue weighted by molar-refractivity contribution is -0.122. The highest BCUT2D eigenvalue weighted by Gasteiger charge is 2.41. The molecule has 1 aliphatic heterocycles. The quantitative estimate of drug-likeness (QED) is 0.784. The fourth-order valence-corrected chi connectivity index (χ4v) is 2.37. The molecule has 8 heteroatoms. The number of nitrogens with zero attached hydrogens (tertiary/aromatic N) is 1. The second-order valence-electron chi connectivity index (χ2n) is 5.55. The Morgan fingerprint density at radius 1 is 1.22 bits per heavy atom. The van der Waals surface area contributed by atoms with Gasteiger partial charge >= 0.3 is 12.0 Å². The number of rotatable bonds is 4. The number of amides is 2. The summed E-state index contributed by atoms with van der Waals surface area (Å²) in [5, 5.41) is 21.1. The molecule has 1 heterocycles. The second-order valence-corrected chi connectivity index (χ2v) is 5.55. The van der Waals surface area contributed by atoms with Gasteiger partial charge < -0.3 is 20.4 Å². The molecule has 0 unspecified atom stereocenters. The van der Waals surface area contributed by atoms with E-state index in [9.17, 15) is 23.5 Å². The van der Waals surface area contributed by atoms with Crippen molar-refractivity contribution in [3.8, 4) is 0 Å². The van der Waals surface area contributed by atoms with Gasteiger partial charge in [-0.1, -0.05) is 12.1 Å². The van der Waals surface area contributed by atoms with E-state index in [1.54, 1.807) is 12.1 Å². The summed E-state index contributed by atoms with van der Waals surface area (Å²) < 4.78 is 25.4. The average molecular weight is 328 g/mol. The molecule has 1 aromatic rings. The maximum atomic E-state index is 12.7. The second kappa shape index (κ2) is 6.91. The Bertz CT molecular complexity index is 569. The third-order valence-corrected chi connectivity index (χ3v) is 3.97. The van der Waals surface area contributed by atoms with E-state index in [1.165, 1.54) is 17.0 Å². The lowest BCUT2D eigenvalue weighted by atomic mass is 9.92. The number of likely N-dealkylation sites (tertiary alicyclic amines) is 1. The summed E-state index contributed by atoms with van der Waals surface area (Å²) in [5.41, 5.74) is -1.13. The number of aromatic carboxylic acids is 1. The first kappa shape index (κ1) is 17.1. The molecule has 3 N–H and O–H groups in total. The van der Waals surface area contributed by atoms with Gasteiger partial charge in [-0.2, -0.15) is 0 Å². The van der Waals surface area contributed by atoms with Gasteiger partial charge in [-0.05, 0) is 30.5 Å². The van der Waals surface area contributed by atoms with E-state index in [4.69, 9.17) is 5.11 Å². The Morgan fingerprint density at radius 2 is 1.78 bits per heavy atom. The molecule has 0 aromatic heterocycles. The monoisotopic (exact) mass is 328 g/mol. The summed E-state index contributed by atoms with van der Waals surface area (Å²) in [4.78, 5) is 24.1. The molecule has 0 saturated carbocycles. The first-order valence-corrected chi connectivity index (χ1v) is 7.17. The number of nitrogens with one attached hydrogen (secondary N) is 1. The number of hydrogen-bond donors (Lipinski definition) is 3. The molecular formula is C15H18F2N2O4. The van der Waals surface area contributed by atoms with Crippen molar-refractivity contribution in [1.82, 2.24) is 10.2 Å². The highest BCUT2D eigenvalue weighted by molar-refractivity contribution is 5.87. The Kier molecular flexibility index (Phi) is 5.15. The lowest BCUT2D eigenvalue weighted by Gasteiger charge is -2.37. The van der Waals surface area contributed by atoms with E-state index < -0.39 is 24.0 Å². The first-order valence-electron chi connectivity index (χ1n) is 7.17. The van der Waals surface area contributed by atoms with Crippen molar-refractivity contribution in [3.63, 3.8) is 0 Å². The summed E-state index contributed by atoms with van der Waals surface area (Å²) in [7, 11) is 0. The summed E-state index contributed by atoms with van der Waals surface area (Å²) in [6, 6.07) is 5.66. The molecule has 0 spiro atoms. The summed E-state index contributed by atoms with van der Waals surface area (Å²) in [6.45, 7) is 0.323. The molecule has 6 nitrogen and oxygen atoms in total. The zero-order chi connectivity index (χ0) is 17.0. The van der Waals surface area contributed by atoms with Crippen LogP contribution in [0, 0.1) is 0 Å². The highest BCUT2D eigenvalue weighted by atomic mass is 19.3. The molecule has 2 amide bonds. The standard InChI is InChI=1S/C15H18F2N2O4/c16-13(17)15(23)5-7-19(8-6-15)14(22)18-9-10-1-3-11(4-2-10)12(20)21/h1-4,13,23H,5-9H2,(H,18,22)(H,20,21). The number of aliphatic hydroxyl groups is 1. The molecule has 2 rings (SSSR count). The van der Waals surface area contributed by atoms with Crippen molar-refractivity contribution in [2.24, 2.45) is 0 Å². The van der Waals surface area contributed by atoms with Crippen molar-refractivity contribution in [2.45, 2.75) is 31.4 Å². The highest BCUT2D eigenvalue weighted by Crippen LogP contribution is 2.28. The summed E-state index contributed by atoms with van der Waals surface area (Å²) in [5.74, 6) is -1.03. The van der Waals surface area contributed by atoms with Crippen LogP contribution in [0.3, 0.4) is 0 Å². The van der Waals surface area contributed by atoms with Gasteiger partial charge in [0.15, 0.2) is 0 Å². The number of hydrogen-bond acceptors (Lipinski definition) is 3. The van der Waals surface area contributed by atoms with Gasteiger partial charge in [0.05, 0.1) is 5.56 Å². The maximum Gasteiger partial charge on any atom is 0.335 e. The molecule has 0 radical (unpaired) electrons. The van der Waals surface area contributed by atoms with Gasteiger partial charge in [-0.25, -0.2) is 18.4 Å². The molecule has 23 heavy (non-hydrogen) atoms. The van der Waals surface area contributed by atoms with Crippen molar-refractivity contribution < 1.29 is 28.6 Å². The van der Waals surface area contributed by atoms with E-state index in [2.05, 4.69) is 5.32 Å². The zero-order valence-corrected chi connectivity index (χ0v) is 12.3. The van der Waals surface area contributed by atoms with Crippen LogP contribution in [-0.4, -0.2) is 52.2 Å². The van der Waals surface area contributed by atoms with E-state index in [-0.39, 0.29) is 38.0 Å². The molecule has 1 saturated heterocycles. The SMILES string of the molecule is O=C(O)c1ccc(CNC(=O)N2CCC(O)(C(F)F)CC2)cc1. The third-order valence-electron chi connectivity index (χ3n) is 3.97. The Morgan fingerprint density at radius 3 is 2.26 bits per heavy atom. The van der Waals surface area contributed by atoms with Crippen LogP contribution in [0.15, 0.2) is 24.3 Å². The number of urea groups is 1. The summed E-state index contributed by atoms with van der Waals surface area (Å²) in [6.07, 6.45) is -3.14. The Labute approximate surface area is 131 Å². The number of halogens is 2. The van der Waals surface area contributed by atoms with Crippen LogP contribution in [0.25, 0.3) is 0 Å². The van der Waals surface area contributed by atoms with Crippen LogP contribution >= 0.6 is 0 Å². The number of carboxylic acids is 1. The number of alkyl halides is 2. The predicted octanol–water partition coefficient (Wildman–Crippen LogP) is 1.69. The van der Waals surface area contributed by atoms with Gasteiger partial charge in [0, 0.05) is 19.6 Å². The van der Waals surface area contributed by atoms with Gasteiger partial charge in [-0.3, -0.25) is 0 Å². The molecule has 1 aliphatic rings. The number of carboxylic acid groups (broad SMARTS) is 1. The Balaban J connectivity index is 1.83. The van der Waals surface area contributed by atoms with E-state index in [1.807, 2.05) is 0 Å². The van der Waals surface area contributed by atoms with Crippen LogP contribution < -0.4 is 5.32 Å². The number of carbonyl (C=O) groups is 2. The molecule has 0 atom stereocenters. The smallest absolute Gasteiger partial charge is 0.335 e. The van der Waals surface area contributed by atoms with E-state index in [0.717, 1.165) is 5.56 Å². The van der Waals surface area contributed by atoms with Gasteiger partial charge in [0.1, 0.15) is 5.60 Å². The number of piperidine rings is 1. The van der Waals surface area contributed by atoms with Crippen LogP contribution in [0.1, 0.15) is 28.8 Å². The minimum atomic E-state index is -2.82. The molecule has 0 aliphatic carbocycles. The molecule has 1 aromatic carbocycles. The minimum absolute atomic E-state index is 0.0601. The largest absolute Gasteiger partial charge is 0.478 e. The molecule has 0 bridgehead atoms. The topological polar surface area (TPSA) is 89.9 Å². The van der Waals surface area contributed by atoms with E-state index >= 15 is 0 Å². The lowest BCUT2D eigenvalue weighted by Crippen LogP contribution is -2.52. The fraction of sp³-hybridized carbons (Fsp3) is 0.467.